The number of rotatable bonds is 1. The van der Waals surface area contributed by atoms with E-state index in [-0.39, 0.29) is 0 Å². The van der Waals surface area contributed by atoms with E-state index in [4.69, 9.17) is 5.73 Å². The van der Waals surface area contributed by atoms with Crippen molar-refractivity contribution in [1.29, 1.82) is 0 Å². The van der Waals surface area contributed by atoms with Gasteiger partial charge in [-0.05, 0) is 19.9 Å². The normalized spacial score (nSPS) is 10.4. The van der Waals surface area contributed by atoms with Crippen molar-refractivity contribution in [3.63, 3.8) is 0 Å². The van der Waals surface area contributed by atoms with Gasteiger partial charge in [-0.3, -0.25) is 0 Å². The molecule has 4 heteroatoms. The topological polar surface area (TPSA) is 51.8 Å². The van der Waals surface area contributed by atoms with Crippen LogP contribution in [0.25, 0.3) is 11.4 Å². The monoisotopic (exact) mass is 205 g/mol. The number of aromatic nitrogens is 2. The van der Waals surface area contributed by atoms with Crippen LogP contribution < -0.4 is 5.73 Å². The van der Waals surface area contributed by atoms with Gasteiger partial charge in [0.1, 0.15) is 0 Å². The van der Waals surface area contributed by atoms with Crippen LogP contribution in [-0.2, 0) is 0 Å². The Morgan fingerprint density at radius 2 is 1.86 bits per heavy atom. The number of thiophene rings is 1. The highest BCUT2D eigenvalue weighted by Gasteiger charge is 2.07. The van der Waals surface area contributed by atoms with Crippen LogP contribution in [0.15, 0.2) is 18.5 Å². The van der Waals surface area contributed by atoms with Crippen molar-refractivity contribution in [1.82, 2.24) is 9.97 Å². The fourth-order valence-electron chi connectivity index (χ4n) is 1.33. The maximum Gasteiger partial charge on any atom is 0.160 e. The molecular formula is C10H11N3S. The molecule has 2 rings (SSSR count). The van der Waals surface area contributed by atoms with Crippen molar-refractivity contribution in [2.24, 2.45) is 0 Å². The Kier molecular flexibility index (Phi) is 2.21. The number of nitrogens with two attached hydrogens (primary N) is 1. The van der Waals surface area contributed by atoms with E-state index in [0.717, 1.165) is 11.4 Å². The highest BCUT2D eigenvalue weighted by atomic mass is 32.1. The molecule has 0 aliphatic heterocycles. The summed E-state index contributed by atoms with van der Waals surface area (Å²) in [5.74, 6) is 0.751. The molecule has 14 heavy (non-hydrogen) atoms. The van der Waals surface area contributed by atoms with E-state index in [2.05, 4.69) is 29.9 Å². The Morgan fingerprint density at radius 3 is 2.36 bits per heavy atom. The summed E-state index contributed by atoms with van der Waals surface area (Å²) in [4.78, 5) is 10.9. The lowest BCUT2D eigenvalue weighted by Crippen LogP contribution is -1.91. The third-order valence-electron chi connectivity index (χ3n) is 1.95. The first-order valence-electron chi connectivity index (χ1n) is 4.32. The minimum absolute atomic E-state index is 0.596. The molecule has 0 unspecified atom stereocenters. The maximum atomic E-state index is 5.53. The number of aryl methyl sites for hydroxylation is 2. The average Bonchev–Trinajstić information content (AvgIpc) is 2.47. The van der Waals surface area contributed by atoms with E-state index < -0.39 is 0 Å². The number of nitrogen functional groups attached to an aromatic ring is 1. The number of anilines is 1. The predicted molar refractivity (Wildman–Crippen MR) is 59.2 cm³/mol. The van der Waals surface area contributed by atoms with Crippen molar-refractivity contribution in [3.05, 3.63) is 28.2 Å². The molecule has 0 radical (unpaired) electrons. The molecule has 0 bridgehead atoms. The van der Waals surface area contributed by atoms with Crippen molar-refractivity contribution >= 4 is 17.0 Å². The van der Waals surface area contributed by atoms with E-state index in [0.29, 0.717) is 5.69 Å². The first-order chi connectivity index (χ1) is 6.66. The first-order valence-corrected chi connectivity index (χ1v) is 5.13. The van der Waals surface area contributed by atoms with Crippen molar-refractivity contribution in [3.8, 4) is 11.4 Å². The van der Waals surface area contributed by atoms with E-state index in [1.54, 1.807) is 23.7 Å². The molecule has 0 fully saturated rings. The molecule has 2 aromatic rings. The van der Waals surface area contributed by atoms with Crippen LogP contribution in [0.2, 0.25) is 0 Å². The molecule has 0 atom stereocenters. The largest absolute Gasteiger partial charge is 0.396 e. The summed E-state index contributed by atoms with van der Waals surface area (Å²) in [6, 6.07) is 2.10. The molecule has 0 aromatic carbocycles. The number of hydrogen-bond acceptors (Lipinski definition) is 4. The van der Waals surface area contributed by atoms with E-state index >= 15 is 0 Å². The van der Waals surface area contributed by atoms with Crippen LogP contribution in [0, 0.1) is 13.8 Å². The Morgan fingerprint density at radius 1 is 1.21 bits per heavy atom. The van der Waals surface area contributed by atoms with Crippen LogP contribution in [-0.4, -0.2) is 9.97 Å². The zero-order valence-electron chi connectivity index (χ0n) is 8.11. The lowest BCUT2D eigenvalue weighted by molar-refractivity contribution is 1.18. The highest BCUT2D eigenvalue weighted by Crippen LogP contribution is 2.27. The number of hydrogen-bond donors (Lipinski definition) is 1. The molecule has 0 aliphatic rings. The van der Waals surface area contributed by atoms with Crippen LogP contribution in [0.1, 0.15) is 9.75 Å². The average molecular weight is 205 g/mol. The SMILES string of the molecule is Cc1cc(-c2ncc(N)cn2)c(C)s1. The van der Waals surface area contributed by atoms with E-state index in [1.165, 1.54) is 9.75 Å². The summed E-state index contributed by atoms with van der Waals surface area (Å²) in [5.41, 5.74) is 7.23. The van der Waals surface area contributed by atoms with Crippen LogP contribution >= 0.6 is 11.3 Å². The summed E-state index contributed by atoms with van der Waals surface area (Å²) in [7, 11) is 0. The molecule has 0 aliphatic carbocycles. The van der Waals surface area contributed by atoms with Gasteiger partial charge in [-0.15, -0.1) is 11.3 Å². The molecule has 72 valence electrons. The van der Waals surface area contributed by atoms with Gasteiger partial charge in [0.15, 0.2) is 5.82 Å². The molecule has 0 saturated heterocycles. The molecule has 2 aromatic heterocycles. The Hall–Kier alpha value is -1.42. The smallest absolute Gasteiger partial charge is 0.160 e. The van der Waals surface area contributed by atoms with Crippen LogP contribution in [0.5, 0.6) is 0 Å². The maximum absolute atomic E-state index is 5.53. The minimum atomic E-state index is 0.596. The molecule has 2 N–H and O–H groups in total. The third-order valence-corrected chi connectivity index (χ3v) is 2.92. The molecule has 0 saturated carbocycles. The quantitative estimate of drug-likeness (QED) is 0.777. The summed E-state index contributed by atoms with van der Waals surface area (Å²) in [6.45, 7) is 4.16. The fraction of sp³-hybridized carbons (Fsp3) is 0.200. The molecule has 0 amide bonds. The Labute approximate surface area is 86.6 Å². The van der Waals surface area contributed by atoms with Gasteiger partial charge in [0.2, 0.25) is 0 Å². The highest BCUT2D eigenvalue weighted by molar-refractivity contribution is 7.12. The second-order valence-corrected chi connectivity index (χ2v) is 4.63. The van der Waals surface area contributed by atoms with Gasteiger partial charge in [-0.1, -0.05) is 0 Å². The third kappa shape index (κ3) is 1.61. The van der Waals surface area contributed by atoms with Gasteiger partial charge >= 0.3 is 0 Å². The molecule has 0 spiro atoms. The fourth-order valence-corrected chi connectivity index (χ4v) is 2.25. The zero-order valence-corrected chi connectivity index (χ0v) is 8.93. The Balaban J connectivity index is 2.49. The lowest BCUT2D eigenvalue weighted by atomic mass is 10.2. The number of nitrogens with zero attached hydrogens (tertiary/aromatic N) is 2. The van der Waals surface area contributed by atoms with Gasteiger partial charge < -0.3 is 5.73 Å². The standard InChI is InChI=1S/C10H11N3S/c1-6-3-9(7(2)14-6)10-12-4-8(11)5-13-10/h3-5H,11H2,1-2H3. The summed E-state index contributed by atoms with van der Waals surface area (Å²) >= 11 is 1.76. The van der Waals surface area contributed by atoms with Gasteiger partial charge in [0.25, 0.3) is 0 Å². The van der Waals surface area contributed by atoms with Gasteiger partial charge in [-0.25, -0.2) is 9.97 Å². The van der Waals surface area contributed by atoms with E-state index in [9.17, 15) is 0 Å². The summed E-state index contributed by atoms with van der Waals surface area (Å²) < 4.78 is 0. The second kappa shape index (κ2) is 3.38. The predicted octanol–water partition coefficient (Wildman–Crippen LogP) is 2.40. The van der Waals surface area contributed by atoms with Crippen molar-refractivity contribution in [2.75, 3.05) is 5.73 Å². The van der Waals surface area contributed by atoms with Gasteiger partial charge in [0, 0.05) is 15.3 Å². The zero-order chi connectivity index (χ0) is 10.1. The van der Waals surface area contributed by atoms with Crippen LogP contribution in [0.4, 0.5) is 5.69 Å². The van der Waals surface area contributed by atoms with Crippen molar-refractivity contribution in [2.45, 2.75) is 13.8 Å². The summed E-state index contributed by atoms with van der Waals surface area (Å²) in [6.07, 6.45) is 3.27. The van der Waals surface area contributed by atoms with Gasteiger partial charge in [0.05, 0.1) is 18.1 Å². The molecular weight excluding hydrogens is 194 g/mol. The lowest BCUT2D eigenvalue weighted by Gasteiger charge is -1.97. The first kappa shape index (κ1) is 9.15. The van der Waals surface area contributed by atoms with Crippen molar-refractivity contribution < 1.29 is 0 Å². The molecule has 3 nitrogen and oxygen atoms in total. The van der Waals surface area contributed by atoms with Crippen LogP contribution in [0.3, 0.4) is 0 Å². The second-order valence-electron chi connectivity index (χ2n) is 3.17. The summed E-state index contributed by atoms with van der Waals surface area (Å²) in [5, 5.41) is 0. The van der Waals surface area contributed by atoms with Gasteiger partial charge in [-0.2, -0.15) is 0 Å². The molecule has 2 heterocycles. The van der Waals surface area contributed by atoms with E-state index in [1.807, 2.05) is 0 Å². The Bertz CT molecular complexity index is 445. The minimum Gasteiger partial charge on any atom is -0.396 e.